The molecule has 1 aliphatic carbocycles. The third-order valence-corrected chi connectivity index (χ3v) is 3.72. The van der Waals surface area contributed by atoms with Gasteiger partial charge in [-0.05, 0) is 25.0 Å². The second kappa shape index (κ2) is 4.52. The molecule has 0 unspecified atom stereocenters. The number of aromatic carboxylic acids is 1. The predicted molar refractivity (Wildman–Crippen MR) is 82.9 cm³/mol. The monoisotopic (exact) mass is 295 g/mol. The average molecular weight is 295 g/mol. The Morgan fingerprint density at radius 3 is 2.82 bits per heavy atom. The number of anilines is 2. The van der Waals surface area contributed by atoms with Crippen LogP contribution in [0.2, 0.25) is 0 Å². The zero-order valence-corrected chi connectivity index (χ0v) is 11.6. The van der Waals surface area contributed by atoms with E-state index in [1.807, 2.05) is 0 Å². The van der Waals surface area contributed by atoms with Crippen LogP contribution in [0.3, 0.4) is 0 Å². The minimum Gasteiger partial charge on any atom is -0.478 e. The van der Waals surface area contributed by atoms with E-state index in [1.54, 1.807) is 18.3 Å². The lowest BCUT2D eigenvalue weighted by atomic mass is 10.1. The molecule has 4 N–H and O–H groups in total. The Hall–Kier alpha value is -2.96. The second-order valence-electron chi connectivity index (χ2n) is 5.41. The highest BCUT2D eigenvalue weighted by atomic mass is 16.4. The Morgan fingerprint density at radius 1 is 1.27 bits per heavy atom. The highest BCUT2D eigenvalue weighted by Gasteiger charge is 2.22. The second-order valence-corrected chi connectivity index (χ2v) is 5.41. The van der Waals surface area contributed by atoms with Crippen molar-refractivity contribution < 1.29 is 9.90 Å². The summed E-state index contributed by atoms with van der Waals surface area (Å²) in [6.07, 6.45) is 3.96. The topological polar surface area (TPSA) is 114 Å². The van der Waals surface area contributed by atoms with Crippen molar-refractivity contribution in [1.82, 2.24) is 15.0 Å². The number of carboxylic acids is 1. The molecule has 7 heteroatoms. The van der Waals surface area contributed by atoms with Gasteiger partial charge in [-0.25, -0.2) is 19.7 Å². The van der Waals surface area contributed by atoms with E-state index in [-0.39, 0.29) is 11.4 Å². The molecule has 0 bridgehead atoms. The van der Waals surface area contributed by atoms with E-state index in [4.69, 9.17) is 10.8 Å². The largest absolute Gasteiger partial charge is 0.478 e. The number of carboxylic acid groups (broad SMARTS) is 1. The summed E-state index contributed by atoms with van der Waals surface area (Å²) in [4.78, 5) is 24.1. The quantitative estimate of drug-likeness (QED) is 0.633. The van der Waals surface area contributed by atoms with Crippen molar-refractivity contribution in [3.8, 4) is 0 Å². The number of hydrogen-bond donors (Lipinski definition) is 3. The lowest BCUT2D eigenvalue weighted by Crippen LogP contribution is -2.06. The van der Waals surface area contributed by atoms with Gasteiger partial charge in [0.1, 0.15) is 5.52 Å². The Bertz CT molecular complexity index is 921. The highest BCUT2D eigenvalue weighted by Crippen LogP contribution is 2.29. The lowest BCUT2D eigenvalue weighted by Gasteiger charge is -2.08. The Balaban J connectivity index is 1.92. The van der Waals surface area contributed by atoms with Crippen LogP contribution in [0.25, 0.3) is 21.8 Å². The molecule has 1 aliphatic rings. The van der Waals surface area contributed by atoms with E-state index in [0.717, 1.165) is 23.6 Å². The molecule has 3 aromatic rings. The number of aromatic nitrogens is 3. The molecule has 0 saturated heterocycles. The van der Waals surface area contributed by atoms with E-state index in [9.17, 15) is 4.79 Å². The first-order chi connectivity index (χ1) is 10.6. The van der Waals surface area contributed by atoms with Gasteiger partial charge in [0.15, 0.2) is 5.82 Å². The molecule has 1 aromatic carbocycles. The zero-order valence-electron chi connectivity index (χ0n) is 11.6. The van der Waals surface area contributed by atoms with Crippen LogP contribution in [0.5, 0.6) is 0 Å². The fraction of sp³-hybridized carbons (Fsp3) is 0.200. The molecule has 0 spiro atoms. The summed E-state index contributed by atoms with van der Waals surface area (Å²) in [5.74, 6) is -0.182. The molecule has 0 radical (unpaired) electrons. The number of nitrogen functional groups attached to an aromatic ring is 1. The van der Waals surface area contributed by atoms with Gasteiger partial charge in [-0.1, -0.05) is 6.07 Å². The maximum atomic E-state index is 11.1. The fourth-order valence-corrected chi connectivity index (χ4v) is 2.42. The molecule has 1 saturated carbocycles. The number of nitrogens with zero attached hydrogens (tertiary/aromatic N) is 3. The molecule has 7 nitrogen and oxygen atoms in total. The number of fused-ring (bicyclic) bond motifs is 3. The van der Waals surface area contributed by atoms with Gasteiger partial charge in [-0.15, -0.1) is 0 Å². The molecular formula is C15H13N5O2. The predicted octanol–water partition coefficient (Wildman–Crippen LogP) is 2.03. The van der Waals surface area contributed by atoms with Crippen LogP contribution < -0.4 is 11.1 Å². The van der Waals surface area contributed by atoms with Gasteiger partial charge < -0.3 is 16.2 Å². The minimum atomic E-state index is -0.998. The van der Waals surface area contributed by atoms with Gasteiger partial charge in [-0.2, -0.15) is 0 Å². The molecule has 22 heavy (non-hydrogen) atoms. The summed E-state index contributed by atoms with van der Waals surface area (Å²) in [6, 6.07) is 5.21. The summed E-state index contributed by atoms with van der Waals surface area (Å²) in [5.41, 5.74) is 7.26. The van der Waals surface area contributed by atoms with Crippen LogP contribution in [0.15, 0.2) is 24.4 Å². The summed E-state index contributed by atoms with van der Waals surface area (Å²) in [5, 5.41) is 13.8. The third-order valence-electron chi connectivity index (χ3n) is 3.72. The minimum absolute atomic E-state index is 0.173. The summed E-state index contributed by atoms with van der Waals surface area (Å²) >= 11 is 0. The number of hydrogen-bond acceptors (Lipinski definition) is 6. The van der Waals surface area contributed by atoms with E-state index in [0.29, 0.717) is 23.0 Å². The number of rotatable bonds is 3. The smallest absolute Gasteiger partial charge is 0.335 e. The van der Waals surface area contributed by atoms with Gasteiger partial charge in [0.25, 0.3) is 0 Å². The van der Waals surface area contributed by atoms with E-state index in [2.05, 4.69) is 20.3 Å². The first-order valence-electron chi connectivity index (χ1n) is 6.97. The fourth-order valence-electron chi connectivity index (χ4n) is 2.42. The van der Waals surface area contributed by atoms with Gasteiger partial charge >= 0.3 is 5.97 Å². The first-order valence-corrected chi connectivity index (χ1v) is 6.97. The standard InChI is InChI=1S/C15H13N5O2/c16-13-12-10(6-17-15(20-12)18-8-2-3-8)9-4-1-7(14(21)22)5-11(9)19-13/h1,4-6,8H,2-3H2,(H2,16,19)(H,21,22)(H,17,18,20). The molecule has 1 fully saturated rings. The molecule has 0 amide bonds. The van der Waals surface area contributed by atoms with Crippen LogP contribution in [0, 0.1) is 0 Å². The number of benzene rings is 1. The van der Waals surface area contributed by atoms with Crippen molar-refractivity contribution in [2.75, 3.05) is 11.1 Å². The van der Waals surface area contributed by atoms with Gasteiger partial charge in [-0.3, -0.25) is 0 Å². The highest BCUT2D eigenvalue weighted by molar-refractivity contribution is 6.09. The van der Waals surface area contributed by atoms with Crippen molar-refractivity contribution >= 4 is 39.5 Å². The average Bonchev–Trinajstić information content (AvgIpc) is 3.31. The molecule has 110 valence electrons. The SMILES string of the molecule is Nc1nc2cc(C(=O)O)ccc2c2cnc(NC3CC3)nc12. The van der Waals surface area contributed by atoms with Crippen LogP contribution >= 0.6 is 0 Å². The molecular weight excluding hydrogens is 282 g/mol. The molecule has 2 heterocycles. The molecule has 0 aliphatic heterocycles. The first kappa shape index (κ1) is 12.8. The lowest BCUT2D eigenvalue weighted by molar-refractivity contribution is 0.0697. The van der Waals surface area contributed by atoms with Crippen molar-refractivity contribution in [3.05, 3.63) is 30.0 Å². The number of pyridine rings is 1. The van der Waals surface area contributed by atoms with E-state index in [1.165, 1.54) is 6.07 Å². The summed E-state index contributed by atoms with van der Waals surface area (Å²) < 4.78 is 0. The van der Waals surface area contributed by atoms with Crippen LogP contribution in [-0.4, -0.2) is 32.1 Å². The Morgan fingerprint density at radius 2 is 2.09 bits per heavy atom. The maximum Gasteiger partial charge on any atom is 0.335 e. The molecule has 2 aromatic heterocycles. The Labute approximate surface area is 125 Å². The van der Waals surface area contributed by atoms with E-state index < -0.39 is 5.97 Å². The van der Waals surface area contributed by atoms with Crippen LogP contribution in [-0.2, 0) is 0 Å². The van der Waals surface area contributed by atoms with E-state index >= 15 is 0 Å². The number of nitrogens with one attached hydrogen (secondary N) is 1. The summed E-state index contributed by atoms with van der Waals surface area (Å²) in [7, 11) is 0. The van der Waals surface area contributed by atoms with Gasteiger partial charge in [0.2, 0.25) is 5.95 Å². The van der Waals surface area contributed by atoms with Crippen LogP contribution in [0.1, 0.15) is 23.2 Å². The summed E-state index contributed by atoms with van der Waals surface area (Å²) in [6.45, 7) is 0. The van der Waals surface area contributed by atoms with Crippen molar-refractivity contribution in [3.63, 3.8) is 0 Å². The Kier molecular flexibility index (Phi) is 2.62. The number of nitrogens with two attached hydrogens (primary N) is 1. The van der Waals surface area contributed by atoms with Crippen molar-refractivity contribution in [1.29, 1.82) is 0 Å². The van der Waals surface area contributed by atoms with Gasteiger partial charge in [0.05, 0.1) is 11.1 Å². The van der Waals surface area contributed by atoms with Crippen LogP contribution in [0.4, 0.5) is 11.8 Å². The molecule has 4 rings (SSSR count). The van der Waals surface area contributed by atoms with Crippen molar-refractivity contribution in [2.24, 2.45) is 0 Å². The third kappa shape index (κ3) is 2.07. The normalized spacial score (nSPS) is 14.4. The van der Waals surface area contributed by atoms with Gasteiger partial charge in [0, 0.05) is 23.0 Å². The maximum absolute atomic E-state index is 11.1. The molecule has 0 atom stereocenters. The zero-order chi connectivity index (χ0) is 15.3. The number of carbonyl (C=O) groups is 1. The van der Waals surface area contributed by atoms with Crippen molar-refractivity contribution in [2.45, 2.75) is 18.9 Å².